The minimum atomic E-state index is -1.28. The van der Waals surface area contributed by atoms with Gasteiger partial charge in [0.2, 0.25) is 6.04 Å². The Kier molecular flexibility index (Phi) is 6.09. The summed E-state index contributed by atoms with van der Waals surface area (Å²) in [6, 6.07) is 15.6. The average molecular weight is 380 g/mol. The fourth-order valence-electron chi connectivity index (χ4n) is 3.14. The van der Waals surface area contributed by atoms with Crippen LogP contribution in [0.15, 0.2) is 54.6 Å². The molecule has 1 atom stereocenters. The summed E-state index contributed by atoms with van der Waals surface area (Å²) in [6.45, 7) is 1.81. The first-order valence-corrected chi connectivity index (χ1v) is 9.43. The lowest BCUT2D eigenvalue weighted by atomic mass is 10.0. The van der Waals surface area contributed by atoms with Gasteiger partial charge in [-0.25, -0.2) is 4.79 Å². The summed E-state index contributed by atoms with van der Waals surface area (Å²) in [5.74, 6) is -1.59. The van der Waals surface area contributed by atoms with Gasteiger partial charge in [0.1, 0.15) is 0 Å². The number of benzene rings is 2. The van der Waals surface area contributed by atoms with Gasteiger partial charge < -0.3 is 15.0 Å². The Bertz CT molecular complexity index is 845. The molecule has 6 heteroatoms. The van der Waals surface area contributed by atoms with E-state index in [1.54, 1.807) is 19.1 Å². The van der Waals surface area contributed by atoms with Gasteiger partial charge in [-0.1, -0.05) is 42.5 Å². The molecule has 0 radical (unpaired) electrons. The maximum atomic E-state index is 13.2. The Hall–Kier alpha value is -3.15. The van der Waals surface area contributed by atoms with Gasteiger partial charge in [-0.3, -0.25) is 9.59 Å². The number of likely N-dealkylation sites (N-methyl/N-ethyl adjacent to an activating group) is 1. The predicted octanol–water partition coefficient (Wildman–Crippen LogP) is 2.64. The monoisotopic (exact) mass is 380 g/mol. The molecule has 2 aromatic carbocycles. The molecule has 28 heavy (non-hydrogen) atoms. The van der Waals surface area contributed by atoms with E-state index in [1.807, 2.05) is 42.5 Å². The second-order valence-electron chi connectivity index (χ2n) is 6.66. The Morgan fingerprint density at radius 3 is 2.18 bits per heavy atom. The normalized spacial score (nSPS) is 14.1. The first-order valence-electron chi connectivity index (χ1n) is 9.43. The van der Waals surface area contributed by atoms with E-state index in [9.17, 15) is 14.4 Å². The fourth-order valence-corrected chi connectivity index (χ4v) is 3.14. The molecular weight excluding hydrogens is 356 g/mol. The smallest absolute Gasteiger partial charge is 0.338 e. The molecule has 1 saturated carbocycles. The summed E-state index contributed by atoms with van der Waals surface area (Å²) in [6.07, 6.45) is 1.53. The van der Waals surface area contributed by atoms with Crippen LogP contribution in [0.5, 0.6) is 0 Å². The number of carbonyl (C=O) groups is 3. The van der Waals surface area contributed by atoms with Crippen LogP contribution in [0.25, 0.3) is 11.1 Å². The lowest BCUT2D eigenvalue weighted by Crippen LogP contribution is -2.54. The van der Waals surface area contributed by atoms with E-state index in [0.717, 1.165) is 24.0 Å². The summed E-state index contributed by atoms with van der Waals surface area (Å²) < 4.78 is 5.06. The molecule has 0 spiro atoms. The molecule has 6 nitrogen and oxygen atoms in total. The van der Waals surface area contributed by atoms with Crippen molar-refractivity contribution in [2.45, 2.75) is 31.8 Å². The minimum Gasteiger partial charge on any atom is -0.464 e. The molecule has 1 aliphatic rings. The zero-order chi connectivity index (χ0) is 20.1. The second-order valence-corrected chi connectivity index (χ2v) is 6.66. The number of hydrogen-bond acceptors (Lipinski definition) is 4. The quantitative estimate of drug-likeness (QED) is 0.592. The Morgan fingerprint density at radius 1 is 1.04 bits per heavy atom. The van der Waals surface area contributed by atoms with Crippen molar-refractivity contribution in [3.63, 3.8) is 0 Å². The van der Waals surface area contributed by atoms with Gasteiger partial charge in [-0.05, 0) is 43.0 Å². The molecule has 1 N–H and O–H groups in total. The Labute approximate surface area is 164 Å². The second kappa shape index (κ2) is 8.69. The van der Waals surface area contributed by atoms with E-state index >= 15 is 0 Å². The number of amides is 2. The highest BCUT2D eigenvalue weighted by molar-refractivity contribution is 6.07. The summed E-state index contributed by atoms with van der Waals surface area (Å²) in [4.78, 5) is 39.3. The van der Waals surface area contributed by atoms with Crippen LogP contribution < -0.4 is 5.32 Å². The molecule has 1 unspecified atom stereocenters. The summed E-state index contributed by atoms with van der Waals surface area (Å²) in [7, 11) is 1.44. The summed E-state index contributed by atoms with van der Waals surface area (Å²) in [5, 5.41) is 2.47. The standard InChI is InChI=1S/C22H24N2O4/c1-3-28-22(27)19(20(25)23-2)24(18-13-14-18)21(26)17-11-9-16(10-12-17)15-7-5-4-6-8-15/h4-12,18-19H,3,13-14H2,1-2H3,(H,23,25). The largest absolute Gasteiger partial charge is 0.464 e. The van der Waals surface area contributed by atoms with Gasteiger partial charge in [0.25, 0.3) is 11.8 Å². The molecule has 0 saturated heterocycles. The average Bonchev–Trinajstić information content (AvgIpc) is 3.57. The third-order valence-corrected chi connectivity index (χ3v) is 4.70. The van der Waals surface area contributed by atoms with Crippen molar-refractivity contribution in [3.05, 3.63) is 60.2 Å². The Morgan fingerprint density at radius 2 is 1.64 bits per heavy atom. The number of esters is 1. The van der Waals surface area contributed by atoms with Crippen molar-refractivity contribution in [2.24, 2.45) is 0 Å². The van der Waals surface area contributed by atoms with E-state index in [2.05, 4.69) is 5.32 Å². The lowest BCUT2D eigenvalue weighted by Gasteiger charge is -2.29. The first-order chi connectivity index (χ1) is 13.6. The highest BCUT2D eigenvalue weighted by atomic mass is 16.5. The molecule has 1 fully saturated rings. The van der Waals surface area contributed by atoms with Crippen molar-refractivity contribution in [3.8, 4) is 11.1 Å². The van der Waals surface area contributed by atoms with E-state index in [-0.39, 0.29) is 18.6 Å². The lowest BCUT2D eigenvalue weighted by molar-refractivity contribution is -0.153. The highest BCUT2D eigenvalue weighted by Gasteiger charge is 2.45. The van der Waals surface area contributed by atoms with Crippen LogP contribution in [0.1, 0.15) is 30.1 Å². The zero-order valence-electron chi connectivity index (χ0n) is 16.1. The van der Waals surface area contributed by atoms with Gasteiger partial charge in [-0.2, -0.15) is 0 Å². The van der Waals surface area contributed by atoms with E-state index in [4.69, 9.17) is 4.74 Å². The summed E-state index contributed by atoms with van der Waals surface area (Å²) >= 11 is 0. The zero-order valence-corrected chi connectivity index (χ0v) is 16.1. The van der Waals surface area contributed by atoms with Crippen molar-refractivity contribution in [1.82, 2.24) is 10.2 Å². The van der Waals surface area contributed by atoms with Crippen LogP contribution >= 0.6 is 0 Å². The molecule has 0 bridgehead atoms. The molecule has 0 aromatic heterocycles. The van der Waals surface area contributed by atoms with Crippen LogP contribution in [0, 0.1) is 0 Å². The molecule has 3 rings (SSSR count). The topological polar surface area (TPSA) is 75.7 Å². The van der Waals surface area contributed by atoms with Crippen molar-refractivity contribution >= 4 is 17.8 Å². The fraction of sp³-hybridized carbons (Fsp3) is 0.318. The molecule has 146 valence electrons. The minimum absolute atomic E-state index is 0.131. The van der Waals surface area contributed by atoms with Gasteiger partial charge in [0.15, 0.2) is 0 Å². The molecular formula is C22H24N2O4. The third-order valence-electron chi connectivity index (χ3n) is 4.70. The molecule has 0 heterocycles. The number of carbonyl (C=O) groups excluding carboxylic acids is 3. The summed E-state index contributed by atoms with van der Waals surface area (Å²) in [5.41, 5.74) is 2.48. The SMILES string of the molecule is CCOC(=O)C(C(=O)NC)N(C(=O)c1ccc(-c2ccccc2)cc1)C1CC1. The maximum Gasteiger partial charge on any atom is 0.338 e. The van der Waals surface area contributed by atoms with Gasteiger partial charge in [-0.15, -0.1) is 0 Å². The predicted molar refractivity (Wildman–Crippen MR) is 106 cm³/mol. The van der Waals surface area contributed by atoms with Gasteiger partial charge in [0.05, 0.1) is 6.61 Å². The maximum absolute atomic E-state index is 13.2. The number of ether oxygens (including phenoxy) is 1. The van der Waals surface area contributed by atoms with Crippen LogP contribution in [0.4, 0.5) is 0 Å². The van der Waals surface area contributed by atoms with Crippen molar-refractivity contribution < 1.29 is 19.1 Å². The molecule has 1 aliphatic carbocycles. The number of nitrogens with one attached hydrogen (secondary N) is 1. The first kappa shape index (κ1) is 19.6. The van der Waals surface area contributed by atoms with Gasteiger partial charge in [0, 0.05) is 18.7 Å². The van der Waals surface area contributed by atoms with Gasteiger partial charge >= 0.3 is 5.97 Å². The molecule has 2 aromatic rings. The van der Waals surface area contributed by atoms with E-state index < -0.39 is 17.9 Å². The van der Waals surface area contributed by atoms with E-state index in [0.29, 0.717) is 5.56 Å². The number of hydrogen-bond donors (Lipinski definition) is 1. The van der Waals surface area contributed by atoms with E-state index in [1.165, 1.54) is 11.9 Å². The van der Waals surface area contributed by atoms with Crippen LogP contribution in [0.2, 0.25) is 0 Å². The van der Waals surface area contributed by atoms with Crippen LogP contribution in [-0.2, 0) is 14.3 Å². The van der Waals surface area contributed by atoms with Crippen molar-refractivity contribution in [1.29, 1.82) is 0 Å². The number of rotatable bonds is 7. The van der Waals surface area contributed by atoms with Crippen LogP contribution in [-0.4, -0.2) is 48.4 Å². The van der Waals surface area contributed by atoms with Crippen molar-refractivity contribution in [2.75, 3.05) is 13.7 Å². The number of nitrogens with zero attached hydrogens (tertiary/aromatic N) is 1. The molecule has 0 aliphatic heterocycles. The Balaban J connectivity index is 1.88. The third kappa shape index (κ3) is 4.22. The van der Waals surface area contributed by atoms with Crippen LogP contribution in [0.3, 0.4) is 0 Å². The highest BCUT2D eigenvalue weighted by Crippen LogP contribution is 2.31. The molecule has 2 amide bonds.